The number of pyridine rings is 1. The summed E-state index contributed by atoms with van der Waals surface area (Å²) >= 11 is 6.44. The molecule has 15 heteroatoms. The van der Waals surface area contributed by atoms with Gasteiger partial charge in [-0.1, -0.05) is 17.7 Å². The molecule has 5 rings (SSSR count). The molecule has 1 aliphatic rings. The minimum Gasteiger partial charge on any atom is -0.435 e. The third kappa shape index (κ3) is 5.81. The molecule has 4 heterocycles. The van der Waals surface area contributed by atoms with Crippen LogP contribution in [-0.2, 0) is 16.5 Å². The summed E-state index contributed by atoms with van der Waals surface area (Å²) in [5.41, 5.74) is 1.04. The lowest BCUT2D eigenvalue weighted by atomic mass is 10.0. The zero-order valence-corrected chi connectivity index (χ0v) is 24.0. The molecule has 220 valence electrons. The fourth-order valence-corrected chi connectivity index (χ4v) is 5.10. The van der Waals surface area contributed by atoms with Gasteiger partial charge in [-0.25, -0.2) is 14.2 Å². The summed E-state index contributed by atoms with van der Waals surface area (Å²) < 4.78 is 28.6. The number of aromatic nitrogens is 7. The van der Waals surface area contributed by atoms with Gasteiger partial charge in [-0.2, -0.15) is 9.78 Å². The molecule has 4 aromatic rings. The first-order chi connectivity index (χ1) is 20.3. The van der Waals surface area contributed by atoms with Crippen molar-refractivity contribution in [3.8, 4) is 22.6 Å². The molecule has 0 bridgehead atoms. The highest BCUT2D eigenvalue weighted by Crippen LogP contribution is 2.34. The minimum absolute atomic E-state index is 0.135. The van der Waals surface area contributed by atoms with Crippen LogP contribution in [0.1, 0.15) is 43.3 Å². The molecular weight excluding hydrogens is 569 g/mol. The van der Waals surface area contributed by atoms with Crippen molar-refractivity contribution in [2.24, 2.45) is 7.05 Å². The number of amides is 1. The molecule has 1 saturated heterocycles. The minimum atomic E-state index is -0.930. The lowest BCUT2D eigenvalue weighted by molar-refractivity contribution is 0.00140. The van der Waals surface area contributed by atoms with E-state index in [1.165, 1.54) is 32.6 Å². The first-order valence-electron chi connectivity index (χ1n) is 13.4. The maximum Gasteiger partial charge on any atom is 0.510 e. The van der Waals surface area contributed by atoms with E-state index in [1.54, 1.807) is 45.3 Å². The van der Waals surface area contributed by atoms with Crippen LogP contribution in [0.3, 0.4) is 0 Å². The Balaban J connectivity index is 1.48. The van der Waals surface area contributed by atoms with Crippen LogP contribution >= 0.6 is 11.6 Å². The molecule has 0 radical (unpaired) electrons. The predicted octanol–water partition coefficient (Wildman–Crippen LogP) is 4.02. The number of tetrazole rings is 1. The normalized spacial score (nSPS) is 15.7. The summed E-state index contributed by atoms with van der Waals surface area (Å²) in [5, 5.41) is 19.6. The number of piperidine rings is 1. The van der Waals surface area contributed by atoms with Crippen LogP contribution in [0.15, 0.2) is 42.7 Å². The zero-order valence-electron chi connectivity index (χ0n) is 23.2. The van der Waals surface area contributed by atoms with Gasteiger partial charge in [-0.05, 0) is 67.9 Å². The number of hydrogen-bond acceptors (Lipinski definition) is 10. The molecule has 0 saturated carbocycles. The van der Waals surface area contributed by atoms with Crippen LogP contribution in [0.25, 0.3) is 22.6 Å². The van der Waals surface area contributed by atoms with Crippen molar-refractivity contribution in [1.82, 2.24) is 40.3 Å². The maximum absolute atomic E-state index is 15.8. The number of nitrogens with zero attached hydrogens (tertiary/aromatic N) is 8. The largest absolute Gasteiger partial charge is 0.510 e. The van der Waals surface area contributed by atoms with E-state index in [4.69, 9.17) is 21.1 Å². The van der Waals surface area contributed by atoms with Gasteiger partial charge in [0.1, 0.15) is 11.5 Å². The van der Waals surface area contributed by atoms with Gasteiger partial charge in [0.25, 0.3) is 5.91 Å². The second kappa shape index (κ2) is 12.6. The number of benzene rings is 1. The zero-order chi connectivity index (χ0) is 29.8. The summed E-state index contributed by atoms with van der Waals surface area (Å²) in [4.78, 5) is 31.6. The van der Waals surface area contributed by atoms with Gasteiger partial charge in [0.05, 0.1) is 23.9 Å². The predicted molar refractivity (Wildman–Crippen MR) is 150 cm³/mol. The highest BCUT2D eigenvalue weighted by atomic mass is 35.5. The first-order valence-corrected chi connectivity index (χ1v) is 13.8. The molecule has 13 nitrogen and oxygen atoms in total. The van der Waals surface area contributed by atoms with E-state index >= 15 is 4.39 Å². The molecule has 1 N–H and O–H groups in total. The van der Waals surface area contributed by atoms with Gasteiger partial charge in [0.15, 0.2) is 12.0 Å². The number of rotatable bonds is 8. The van der Waals surface area contributed by atoms with Crippen LogP contribution in [0.5, 0.6) is 0 Å². The molecule has 2 atom stereocenters. The summed E-state index contributed by atoms with van der Waals surface area (Å²) in [6.45, 7) is 4.77. The Kier molecular flexibility index (Phi) is 8.73. The Hall–Kier alpha value is -4.43. The third-order valence-electron chi connectivity index (χ3n) is 6.85. The second-order valence-electron chi connectivity index (χ2n) is 9.56. The van der Waals surface area contributed by atoms with Crippen LogP contribution in [0, 0.1) is 5.82 Å². The third-order valence-corrected chi connectivity index (χ3v) is 7.14. The number of aryl methyl sites for hydroxylation is 1. The molecule has 3 aromatic heterocycles. The summed E-state index contributed by atoms with van der Waals surface area (Å²) in [6.07, 6.45) is 2.85. The van der Waals surface area contributed by atoms with Gasteiger partial charge in [0, 0.05) is 36.5 Å². The molecule has 1 fully saturated rings. The fourth-order valence-electron chi connectivity index (χ4n) is 4.88. The highest BCUT2D eigenvalue weighted by Gasteiger charge is 2.31. The number of halogens is 2. The number of nitrogens with one attached hydrogen (secondary N) is 1. The first kappa shape index (κ1) is 29.1. The standard InChI is InChI=1S/C27H29ClFN9O4/c1-4-41-27(40)42-16(2)38-25(33-34-35-38)23-20(15-32-36(23)3)19-10-9-17(13-22(19)29)26(39)37(18-7-5-11-30-14-18)24-21(28)8-6-12-31-24/h6,8-10,12-13,15-16,18,30H,4-5,7,11,14H2,1-3H3/t16-,18-/m1/s1. The number of anilines is 1. The van der Waals surface area contributed by atoms with E-state index in [9.17, 15) is 9.59 Å². The Morgan fingerprint density at radius 2 is 2.12 bits per heavy atom. The number of hydrogen-bond donors (Lipinski definition) is 1. The lowest BCUT2D eigenvalue weighted by Gasteiger charge is -2.34. The van der Waals surface area contributed by atoms with E-state index in [0.29, 0.717) is 28.6 Å². The van der Waals surface area contributed by atoms with Crippen LogP contribution in [0.2, 0.25) is 5.02 Å². The van der Waals surface area contributed by atoms with Crippen molar-refractivity contribution >= 4 is 29.5 Å². The second-order valence-corrected chi connectivity index (χ2v) is 9.96. The van der Waals surface area contributed by atoms with Gasteiger partial charge < -0.3 is 14.8 Å². The molecule has 42 heavy (non-hydrogen) atoms. The Morgan fingerprint density at radius 3 is 2.83 bits per heavy atom. The average Bonchev–Trinajstić information content (AvgIpc) is 3.61. The van der Waals surface area contributed by atoms with Crippen molar-refractivity contribution in [3.05, 3.63) is 59.1 Å². The summed E-state index contributed by atoms with van der Waals surface area (Å²) in [7, 11) is 1.65. The van der Waals surface area contributed by atoms with Gasteiger partial charge in [0.2, 0.25) is 5.82 Å². The number of carbonyl (C=O) groups is 2. The van der Waals surface area contributed by atoms with Gasteiger partial charge >= 0.3 is 6.16 Å². The molecule has 0 spiro atoms. The van der Waals surface area contributed by atoms with Crippen molar-refractivity contribution in [3.63, 3.8) is 0 Å². The van der Waals surface area contributed by atoms with E-state index in [1.807, 2.05) is 0 Å². The monoisotopic (exact) mass is 597 g/mol. The smallest absolute Gasteiger partial charge is 0.435 e. The van der Waals surface area contributed by atoms with Gasteiger partial charge in [-0.15, -0.1) is 5.10 Å². The van der Waals surface area contributed by atoms with Crippen molar-refractivity contribution in [1.29, 1.82) is 0 Å². The maximum atomic E-state index is 15.8. The topological polar surface area (TPSA) is 142 Å². The van der Waals surface area contributed by atoms with Crippen LogP contribution in [-0.4, -0.2) is 72.8 Å². The highest BCUT2D eigenvalue weighted by molar-refractivity contribution is 6.33. The van der Waals surface area contributed by atoms with E-state index in [-0.39, 0.29) is 29.6 Å². The van der Waals surface area contributed by atoms with Crippen molar-refractivity contribution in [2.45, 2.75) is 39.0 Å². The Morgan fingerprint density at radius 1 is 1.29 bits per heavy atom. The van der Waals surface area contributed by atoms with E-state index in [0.717, 1.165) is 19.4 Å². The molecule has 1 amide bonds. The Bertz CT molecular complexity index is 1590. The fraction of sp³-hybridized carbons (Fsp3) is 0.370. The molecule has 1 aromatic carbocycles. The number of ether oxygens (including phenoxy) is 2. The quantitative estimate of drug-likeness (QED) is 0.296. The average molecular weight is 598 g/mol. The van der Waals surface area contributed by atoms with Gasteiger partial charge in [-0.3, -0.25) is 14.4 Å². The van der Waals surface area contributed by atoms with E-state index in [2.05, 4.69) is 30.9 Å². The van der Waals surface area contributed by atoms with Crippen LogP contribution < -0.4 is 10.2 Å². The SMILES string of the molecule is CCOC(=O)O[C@H](C)n1nnnc1-c1c(-c2ccc(C(=O)N(c3ncccc3Cl)[C@@H]3CCCNC3)cc2F)cnn1C. The van der Waals surface area contributed by atoms with Crippen LogP contribution in [0.4, 0.5) is 15.0 Å². The number of carbonyl (C=O) groups excluding carboxylic acids is 2. The molecule has 1 aliphatic heterocycles. The Labute approximate surface area is 245 Å². The van der Waals surface area contributed by atoms with E-state index < -0.39 is 24.1 Å². The molecule has 0 unspecified atom stereocenters. The molecular formula is C27H29ClFN9O4. The summed E-state index contributed by atoms with van der Waals surface area (Å²) in [5.74, 6) is -0.571. The van der Waals surface area contributed by atoms with Crippen molar-refractivity contribution in [2.75, 3.05) is 24.6 Å². The molecule has 0 aliphatic carbocycles. The lowest BCUT2D eigenvalue weighted by Crippen LogP contribution is -2.49. The summed E-state index contributed by atoms with van der Waals surface area (Å²) in [6, 6.07) is 7.39. The van der Waals surface area contributed by atoms with Crippen molar-refractivity contribution < 1.29 is 23.5 Å².